The zero-order chi connectivity index (χ0) is 9.84. The van der Waals surface area contributed by atoms with Crippen molar-refractivity contribution in [2.45, 2.75) is 6.92 Å². The minimum atomic E-state index is 0.0871. The average Bonchev–Trinajstić information content (AvgIpc) is 2.17. The predicted octanol–water partition coefficient (Wildman–Crippen LogP) is 2.23. The van der Waals surface area contributed by atoms with Crippen LogP contribution in [-0.2, 0) is 0 Å². The molecule has 1 aromatic rings. The van der Waals surface area contributed by atoms with Crippen LogP contribution in [0.1, 0.15) is 12.5 Å². The number of hydrogen-bond acceptors (Lipinski definition) is 2. The molecule has 0 aliphatic carbocycles. The number of rotatable bonds is 3. The van der Waals surface area contributed by atoms with Gasteiger partial charge in [0.25, 0.3) is 0 Å². The number of hydrogen-bond donors (Lipinski definition) is 1. The smallest absolute Gasteiger partial charge is 0.132 e. The summed E-state index contributed by atoms with van der Waals surface area (Å²) in [5, 5.41) is 8.94. The highest BCUT2D eigenvalue weighted by Crippen LogP contribution is 2.25. The molecule has 71 valence electrons. The van der Waals surface area contributed by atoms with Gasteiger partial charge in [-0.3, -0.25) is 0 Å². The number of methoxy groups -OCH3 is 1. The van der Waals surface area contributed by atoms with Crippen molar-refractivity contribution in [2.75, 3.05) is 13.7 Å². The highest BCUT2D eigenvalue weighted by atomic mass is 127. The number of aliphatic hydroxyl groups excluding tert-OH is 1. The predicted molar refractivity (Wildman–Crippen MR) is 60.8 cm³/mol. The average molecular weight is 291 g/mol. The lowest BCUT2D eigenvalue weighted by Gasteiger charge is -2.10. The largest absolute Gasteiger partial charge is 0.496 e. The summed E-state index contributed by atoms with van der Waals surface area (Å²) in [4.78, 5) is 0. The molecule has 0 aliphatic rings. The molecule has 0 unspecified atom stereocenters. The van der Waals surface area contributed by atoms with Crippen molar-refractivity contribution in [3.05, 3.63) is 33.3 Å². The first-order valence-electron chi connectivity index (χ1n) is 3.96. The summed E-state index contributed by atoms with van der Waals surface area (Å²) in [6.45, 7) is 1.99. The molecule has 0 spiro atoms. The Morgan fingerprint density at radius 1 is 1.54 bits per heavy atom. The van der Waals surface area contributed by atoms with Gasteiger partial charge in [-0.05, 0) is 40.3 Å². The van der Waals surface area contributed by atoms with Crippen LogP contribution < -0.4 is 4.74 Å². The summed E-state index contributed by atoms with van der Waals surface area (Å²) in [6, 6.07) is 5.90. The van der Waals surface area contributed by atoms with Gasteiger partial charge in [0.05, 0.1) is 17.3 Å². The molecular weight excluding hydrogens is 279 g/mol. The van der Waals surface area contributed by atoms with E-state index in [0.29, 0.717) is 0 Å². The Morgan fingerprint density at radius 3 is 2.77 bits per heavy atom. The molecular formula is C10H12IO2. The Labute approximate surface area is 92.1 Å². The zero-order valence-electron chi connectivity index (χ0n) is 7.67. The fraction of sp³-hybridized carbons (Fsp3) is 0.300. The van der Waals surface area contributed by atoms with Crippen molar-refractivity contribution in [1.29, 1.82) is 0 Å². The first-order valence-corrected chi connectivity index (χ1v) is 5.04. The Morgan fingerprint density at radius 2 is 2.23 bits per heavy atom. The molecule has 1 radical (unpaired) electrons. The second kappa shape index (κ2) is 4.81. The molecule has 0 atom stereocenters. The summed E-state index contributed by atoms with van der Waals surface area (Å²) >= 11 is 2.22. The first kappa shape index (κ1) is 10.8. The van der Waals surface area contributed by atoms with E-state index >= 15 is 0 Å². The van der Waals surface area contributed by atoms with Crippen LogP contribution in [0, 0.1) is 9.49 Å². The van der Waals surface area contributed by atoms with Gasteiger partial charge >= 0.3 is 0 Å². The third-order valence-electron chi connectivity index (χ3n) is 1.88. The summed E-state index contributed by atoms with van der Waals surface area (Å²) in [5.41, 5.74) is 1.03. The van der Waals surface area contributed by atoms with Crippen LogP contribution >= 0.6 is 22.6 Å². The minimum Gasteiger partial charge on any atom is -0.496 e. The molecule has 0 fully saturated rings. The molecule has 13 heavy (non-hydrogen) atoms. The van der Waals surface area contributed by atoms with Crippen molar-refractivity contribution in [2.24, 2.45) is 0 Å². The minimum absolute atomic E-state index is 0.0871. The number of benzene rings is 1. The second-order valence-electron chi connectivity index (χ2n) is 2.79. The molecule has 0 heterocycles. The van der Waals surface area contributed by atoms with Crippen LogP contribution in [0.4, 0.5) is 0 Å². The first-order chi connectivity index (χ1) is 6.19. The third-order valence-corrected chi connectivity index (χ3v) is 2.77. The molecule has 0 bridgehead atoms. The number of halogens is 1. The molecule has 3 heteroatoms. The standard InChI is InChI=1S/C10H12IO2/c1-7(6-12)8-3-4-9(11)10(5-8)13-2/h3-5,12H,6H2,1-2H3. The second-order valence-corrected chi connectivity index (χ2v) is 3.95. The van der Waals surface area contributed by atoms with Gasteiger partial charge in [0.1, 0.15) is 5.75 Å². The van der Waals surface area contributed by atoms with Gasteiger partial charge in [0.15, 0.2) is 0 Å². The quantitative estimate of drug-likeness (QED) is 0.865. The van der Waals surface area contributed by atoms with Gasteiger partial charge in [-0.2, -0.15) is 0 Å². The van der Waals surface area contributed by atoms with E-state index in [1.165, 1.54) is 0 Å². The van der Waals surface area contributed by atoms with E-state index < -0.39 is 0 Å². The Balaban J connectivity index is 2.99. The van der Waals surface area contributed by atoms with E-state index in [1.54, 1.807) is 7.11 Å². The van der Waals surface area contributed by atoms with Crippen molar-refractivity contribution >= 4 is 22.6 Å². The molecule has 0 amide bonds. The van der Waals surface area contributed by atoms with Crippen molar-refractivity contribution in [1.82, 2.24) is 0 Å². The molecule has 1 rings (SSSR count). The van der Waals surface area contributed by atoms with E-state index in [1.807, 2.05) is 25.1 Å². The molecule has 0 saturated heterocycles. The van der Waals surface area contributed by atoms with Crippen LogP contribution in [0.5, 0.6) is 5.75 Å². The van der Waals surface area contributed by atoms with Gasteiger partial charge in [0.2, 0.25) is 0 Å². The van der Waals surface area contributed by atoms with E-state index in [0.717, 1.165) is 20.8 Å². The number of aliphatic hydroxyl groups is 1. The van der Waals surface area contributed by atoms with Gasteiger partial charge in [-0.15, -0.1) is 0 Å². The van der Waals surface area contributed by atoms with E-state index in [4.69, 9.17) is 9.84 Å². The fourth-order valence-corrected chi connectivity index (χ4v) is 1.57. The molecule has 0 saturated carbocycles. The maximum Gasteiger partial charge on any atom is 0.132 e. The SMILES string of the molecule is COc1cc([C](C)CO)ccc1I. The van der Waals surface area contributed by atoms with Crippen LogP contribution in [0.15, 0.2) is 18.2 Å². The van der Waals surface area contributed by atoms with E-state index in [-0.39, 0.29) is 6.61 Å². The van der Waals surface area contributed by atoms with Crippen molar-refractivity contribution in [3.63, 3.8) is 0 Å². The number of ether oxygens (including phenoxy) is 1. The van der Waals surface area contributed by atoms with E-state index in [9.17, 15) is 0 Å². The van der Waals surface area contributed by atoms with E-state index in [2.05, 4.69) is 22.6 Å². The van der Waals surface area contributed by atoms with Gasteiger partial charge < -0.3 is 9.84 Å². The van der Waals surface area contributed by atoms with Gasteiger partial charge in [0, 0.05) is 5.92 Å². The molecule has 0 aromatic heterocycles. The Kier molecular flexibility index (Phi) is 3.99. The Bertz CT molecular complexity index is 286. The Hall–Kier alpha value is -0.290. The molecule has 2 nitrogen and oxygen atoms in total. The maximum atomic E-state index is 8.94. The summed E-state index contributed by atoms with van der Waals surface area (Å²) in [6.07, 6.45) is 0. The topological polar surface area (TPSA) is 29.5 Å². The van der Waals surface area contributed by atoms with Crippen molar-refractivity contribution in [3.8, 4) is 5.75 Å². The molecule has 1 N–H and O–H groups in total. The summed E-state index contributed by atoms with van der Waals surface area (Å²) in [7, 11) is 1.65. The van der Waals surface area contributed by atoms with Crippen LogP contribution in [0.2, 0.25) is 0 Å². The lowest BCUT2D eigenvalue weighted by Crippen LogP contribution is -2.00. The van der Waals surface area contributed by atoms with Crippen LogP contribution in [-0.4, -0.2) is 18.8 Å². The van der Waals surface area contributed by atoms with Crippen LogP contribution in [0.25, 0.3) is 0 Å². The maximum absolute atomic E-state index is 8.94. The van der Waals surface area contributed by atoms with Gasteiger partial charge in [-0.1, -0.05) is 13.0 Å². The monoisotopic (exact) mass is 291 g/mol. The zero-order valence-corrected chi connectivity index (χ0v) is 9.83. The fourth-order valence-electron chi connectivity index (χ4n) is 1.02. The molecule has 0 aliphatic heterocycles. The lowest BCUT2D eigenvalue weighted by molar-refractivity contribution is 0.314. The highest BCUT2D eigenvalue weighted by Gasteiger charge is 2.07. The van der Waals surface area contributed by atoms with Crippen molar-refractivity contribution < 1.29 is 9.84 Å². The van der Waals surface area contributed by atoms with Gasteiger partial charge in [-0.25, -0.2) is 0 Å². The highest BCUT2D eigenvalue weighted by molar-refractivity contribution is 14.1. The molecule has 1 aromatic carbocycles. The normalized spacial score (nSPS) is 10.5. The third kappa shape index (κ3) is 2.57. The summed E-state index contributed by atoms with van der Waals surface area (Å²) in [5.74, 6) is 1.81. The summed E-state index contributed by atoms with van der Waals surface area (Å²) < 4.78 is 6.26. The van der Waals surface area contributed by atoms with Crippen LogP contribution in [0.3, 0.4) is 0 Å². The lowest BCUT2D eigenvalue weighted by atomic mass is 10.0.